The van der Waals surface area contributed by atoms with Crippen molar-refractivity contribution in [1.82, 2.24) is 15.6 Å². The number of ether oxygens (including phenoxy) is 1. The monoisotopic (exact) mass is 500 g/mol. The second kappa shape index (κ2) is 9.73. The smallest absolute Gasteiger partial charge is 0.191 e. The second-order valence-corrected chi connectivity index (χ2v) is 8.46. The molecule has 0 spiro atoms. The molecule has 3 rings (SSSR count). The van der Waals surface area contributed by atoms with E-state index in [0.29, 0.717) is 6.54 Å². The van der Waals surface area contributed by atoms with E-state index in [-0.39, 0.29) is 29.4 Å². The molecule has 1 aromatic heterocycles. The van der Waals surface area contributed by atoms with Crippen LogP contribution in [0.3, 0.4) is 0 Å². The predicted molar refractivity (Wildman–Crippen MR) is 124 cm³/mol. The van der Waals surface area contributed by atoms with Gasteiger partial charge in [-0.15, -0.1) is 35.3 Å². The van der Waals surface area contributed by atoms with Gasteiger partial charge < -0.3 is 15.4 Å². The lowest BCUT2D eigenvalue weighted by Crippen LogP contribution is -2.37. The minimum Gasteiger partial charge on any atom is -0.493 e. The Hall–Kier alpha value is -1.35. The molecule has 2 heterocycles. The lowest BCUT2D eigenvalue weighted by atomic mass is 9.93. The minimum atomic E-state index is 0. The molecule has 2 aromatic rings. The third-order valence-electron chi connectivity index (χ3n) is 4.41. The highest BCUT2D eigenvalue weighted by molar-refractivity contribution is 14.0. The summed E-state index contributed by atoms with van der Waals surface area (Å²) in [7, 11) is 1.80. The molecule has 0 saturated carbocycles. The summed E-state index contributed by atoms with van der Waals surface area (Å²) in [6.45, 7) is 8.89. The van der Waals surface area contributed by atoms with Crippen LogP contribution in [0.5, 0.6) is 5.75 Å². The van der Waals surface area contributed by atoms with E-state index < -0.39 is 0 Å². The maximum Gasteiger partial charge on any atom is 0.191 e. The number of rotatable bonds is 5. The maximum atomic E-state index is 5.56. The summed E-state index contributed by atoms with van der Waals surface area (Å²) in [6, 6.07) is 6.48. The standard InChI is InChI=1S/C20H28N4OS.HI/c1-20(2,3)17-13-26-18(24-17)12-23-19(21-4)22-9-7-14-5-6-16-15(11-14)8-10-25-16;/h5-6,11,13H,7-10,12H2,1-4H3,(H2,21,22,23);1H. The average molecular weight is 500 g/mol. The number of halogens is 1. The van der Waals surface area contributed by atoms with Gasteiger partial charge >= 0.3 is 0 Å². The van der Waals surface area contributed by atoms with Crippen molar-refractivity contribution in [1.29, 1.82) is 0 Å². The lowest BCUT2D eigenvalue weighted by Gasteiger charge is -2.14. The van der Waals surface area contributed by atoms with E-state index in [1.807, 2.05) is 0 Å². The van der Waals surface area contributed by atoms with Gasteiger partial charge in [0.2, 0.25) is 0 Å². The molecule has 0 amide bonds. The first-order valence-corrected chi connectivity index (χ1v) is 9.97. The third kappa shape index (κ3) is 6.07. The number of thiazole rings is 1. The first-order chi connectivity index (χ1) is 12.5. The summed E-state index contributed by atoms with van der Waals surface area (Å²) in [5.74, 6) is 1.85. The molecule has 1 aliphatic heterocycles. The van der Waals surface area contributed by atoms with E-state index in [4.69, 9.17) is 9.72 Å². The molecule has 0 bridgehead atoms. The average Bonchev–Trinajstić information content (AvgIpc) is 3.26. The van der Waals surface area contributed by atoms with Crippen molar-refractivity contribution >= 4 is 41.3 Å². The number of hydrogen-bond donors (Lipinski definition) is 2. The number of hydrogen-bond acceptors (Lipinski definition) is 4. The summed E-state index contributed by atoms with van der Waals surface area (Å²) >= 11 is 1.69. The van der Waals surface area contributed by atoms with Crippen LogP contribution in [-0.2, 0) is 24.8 Å². The van der Waals surface area contributed by atoms with Gasteiger partial charge in [-0.1, -0.05) is 32.9 Å². The van der Waals surface area contributed by atoms with Gasteiger partial charge in [-0.25, -0.2) is 4.98 Å². The van der Waals surface area contributed by atoms with E-state index in [2.05, 4.69) is 60.0 Å². The molecular weight excluding hydrogens is 471 g/mol. The molecule has 0 saturated heterocycles. The molecule has 0 fully saturated rings. The van der Waals surface area contributed by atoms with Gasteiger partial charge in [0.25, 0.3) is 0 Å². The van der Waals surface area contributed by atoms with E-state index in [9.17, 15) is 0 Å². The quantitative estimate of drug-likeness (QED) is 0.372. The molecular formula is C20H29IN4OS. The molecule has 1 aromatic carbocycles. The van der Waals surface area contributed by atoms with Crippen LogP contribution in [0.15, 0.2) is 28.6 Å². The van der Waals surface area contributed by atoms with E-state index in [1.54, 1.807) is 18.4 Å². The van der Waals surface area contributed by atoms with Crippen molar-refractivity contribution in [3.63, 3.8) is 0 Å². The zero-order chi connectivity index (χ0) is 18.6. The molecule has 5 nitrogen and oxygen atoms in total. The first kappa shape index (κ1) is 21.9. The number of guanidine groups is 1. The molecule has 0 radical (unpaired) electrons. The summed E-state index contributed by atoms with van der Waals surface area (Å²) < 4.78 is 5.56. The molecule has 0 unspecified atom stereocenters. The highest BCUT2D eigenvalue weighted by Gasteiger charge is 2.17. The number of aliphatic imine (C=N–C) groups is 1. The van der Waals surface area contributed by atoms with Gasteiger partial charge in [-0.3, -0.25) is 4.99 Å². The Morgan fingerprint density at radius 3 is 2.81 bits per heavy atom. The largest absolute Gasteiger partial charge is 0.493 e. The fourth-order valence-corrected chi connectivity index (χ4v) is 3.80. The summed E-state index contributed by atoms with van der Waals surface area (Å²) in [6.07, 6.45) is 1.98. The van der Waals surface area contributed by atoms with E-state index >= 15 is 0 Å². The first-order valence-electron chi connectivity index (χ1n) is 9.10. The molecule has 0 atom stereocenters. The number of benzene rings is 1. The normalized spacial score (nSPS) is 13.6. The molecule has 7 heteroatoms. The third-order valence-corrected chi connectivity index (χ3v) is 5.26. The predicted octanol–water partition coefficient (Wildman–Crippen LogP) is 3.90. The van der Waals surface area contributed by atoms with Gasteiger partial charge in [0, 0.05) is 30.8 Å². The Morgan fingerprint density at radius 2 is 2.11 bits per heavy atom. The van der Waals surface area contributed by atoms with Crippen LogP contribution in [0.4, 0.5) is 0 Å². The fraction of sp³-hybridized carbons (Fsp3) is 0.500. The van der Waals surface area contributed by atoms with Crippen LogP contribution >= 0.6 is 35.3 Å². The fourth-order valence-electron chi connectivity index (χ4n) is 2.84. The number of aromatic nitrogens is 1. The van der Waals surface area contributed by atoms with Crippen molar-refractivity contribution in [3.8, 4) is 5.75 Å². The Labute approximate surface area is 183 Å². The zero-order valence-electron chi connectivity index (χ0n) is 16.5. The highest BCUT2D eigenvalue weighted by Crippen LogP contribution is 2.26. The Balaban J connectivity index is 0.00000261. The van der Waals surface area contributed by atoms with Crippen molar-refractivity contribution in [2.75, 3.05) is 20.2 Å². The van der Waals surface area contributed by atoms with Gasteiger partial charge in [0.05, 0.1) is 18.8 Å². The second-order valence-electron chi connectivity index (χ2n) is 7.52. The summed E-state index contributed by atoms with van der Waals surface area (Å²) in [5.41, 5.74) is 3.88. The zero-order valence-corrected chi connectivity index (χ0v) is 19.6. The van der Waals surface area contributed by atoms with Crippen molar-refractivity contribution < 1.29 is 4.74 Å². The molecule has 1 aliphatic rings. The Morgan fingerprint density at radius 1 is 1.30 bits per heavy atom. The van der Waals surface area contributed by atoms with Crippen LogP contribution in [0.1, 0.15) is 42.6 Å². The molecule has 0 aliphatic carbocycles. The maximum absolute atomic E-state index is 5.56. The van der Waals surface area contributed by atoms with E-state index in [1.165, 1.54) is 11.1 Å². The topological polar surface area (TPSA) is 58.5 Å². The Kier molecular flexibility index (Phi) is 7.91. The SMILES string of the molecule is CN=C(NCCc1ccc2c(c1)CCO2)NCc1nc(C(C)(C)C)cs1.I. The van der Waals surface area contributed by atoms with Crippen LogP contribution in [0, 0.1) is 0 Å². The minimum absolute atomic E-state index is 0. The van der Waals surface area contributed by atoms with Crippen LogP contribution in [0.2, 0.25) is 0 Å². The number of nitrogens with zero attached hydrogens (tertiary/aromatic N) is 2. The van der Waals surface area contributed by atoms with Crippen molar-refractivity contribution in [2.24, 2.45) is 4.99 Å². The number of fused-ring (bicyclic) bond motifs is 1. The van der Waals surface area contributed by atoms with Gasteiger partial charge in [0.15, 0.2) is 5.96 Å². The van der Waals surface area contributed by atoms with Crippen LogP contribution in [0.25, 0.3) is 0 Å². The van der Waals surface area contributed by atoms with Gasteiger partial charge in [-0.05, 0) is 23.6 Å². The summed E-state index contributed by atoms with van der Waals surface area (Å²) in [5, 5.41) is 9.95. The molecule has 148 valence electrons. The lowest BCUT2D eigenvalue weighted by molar-refractivity contribution is 0.357. The summed E-state index contributed by atoms with van der Waals surface area (Å²) in [4.78, 5) is 9.01. The van der Waals surface area contributed by atoms with Crippen LogP contribution in [-0.4, -0.2) is 31.1 Å². The number of nitrogens with one attached hydrogen (secondary N) is 2. The van der Waals surface area contributed by atoms with Crippen LogP contribution < -0.4 is 15.4 Å². The van der Waals surface area contributed by atoms with Crippen molar-refractivity contribution in [2.45, 2.75) is 45.6 Å². The van der Waals surface area contributed by atoms with Crippen molar-refractivity contribution in [3.05, 3.63) is 45.4 Å². The molecule has 2 N–H and O–H groups in total. The van der Waals surface area contributed by atoms with E-state index in [0.717, 1.165) is 48.4 Å². The molecule has 27 heavy (non-hydrogen) atoms. The van der Waals surface area contributed by atoms with Gasteiger partial charge in [0.1, 0.15) is 10.8 Å². The van der Waals surface area contributed by atoms with Gasteiger partial charge in [-0.2, -0.15) is 0 Å². The Bertz CT molecular complexity index is 783. The highest BCUT2D eigenvalue weighted by atomic mass is 127.